The standard InChI is InChI=1S/2C12H18N2O.2C11H16N2O.C9H15N3O.C9H14N2O.C8H13N3O2.C8H12N2O.C7H11N3O2.C7H13N3O/c1-9-13-10(15-14-9)12-6-3-11(2,4-7-12)5-8-12;1-9-13-11(15-14-9)10-3-7-12(8-4-10)5-2-6-12;1-7-3-11(4-7)5-9(6-11)10-12-8(2)13-14-10;1-7-12-11(14-13-7)10-5-8-3-2-4-9(8)6-10;1-7-3-5-12(6-4-7)9-10-8(2)11-13-9;1-6-3-4-8(5-6)9-10-7(2)11-12-9;1-5(12)7(9)3-4-8-10-6(2)11-13-8;1-5-3-7(4-5)8-9-6(2)10-11-8;1-4(11)6(8)3-7-9-5(2)10-12-7;1-4(2)6(8)7-9-5(3)10-11-7/h3-8H2,1-2H3;10H,2-8H2,1H3;7,9H,3-6H2,1-2H3;8-10H,2-6H2,1H3;7H,3-6H2,1-2H3;6,8H,3-5H2,1-2H3;7H,3-4,9H2,1-2H3;5,7H,3-4H2,1-2H3;6,11H,1,3,8H2,2H3;4,6H,8H2,1-3H3. The second-order valence-corrected chi connectivity index (χ2v) is 40.7. The number of carbonyl (C=O) groups excluding carboxylic acids is 1. The van der Waals surface area contributed by atoms with Crippen molar-refractivity contribution in [1.82, 2.24) is 101 Å². The Morgan fingerprint density at radius 1 is 0.415 bits per heavy atom. The number of carbonyl (C=O) groups is 1. The van der Waals surface area contributed by atoms with Gasteiger partial charge in [0, 0.05) is 60.9 Å². The fourth-order valence-electron chi connectivity index (χ4n) is 20.5. The molecular weight excluding hydrogens is 1660 g/mol. The predicted molar refractivity (Wildman–Crippen MR) is 481 cm³/mol. The van der Waals surface area contributed by atoms with Gasteiger partial charge in [-0.3, -0.25) is 4.79 Å². The number of nitrogens with two attached hydrogens (primary N) is 3. The lowest BCUT2D eigenvalue weighted by Gasteiger charge is -2.56. The van der Waals surface area contributed by atoms with Gasteiger partial charge in [-0.15, -0.1) is 0 Å². The number of fused-ring (bicyclic) bond motifs is 4. The van der Waals surface area contributed by atoms with Gasteiger partial charge >= 0.3 is 6.01 Å². The summed E-state index contributed by atoms with van der Waals surface area (Å²) in [6.07, 6.45) is 39.6. The van der Waals surface area contributed by atoms with Crippen LogP contribution >= 0.6 is 0 Å². The molecule has 11 saturated carbocycles. The summed E-state index contributed by atoms with van der Waals surface area (Å²) in [6, 6.07) is -0.419. The number of ketones is 1. The van der Waals surface area contributed by atoms with Crippen molar-refractivity contribution in [2.45, 2.75) is 383 Å². The minimum Gasteiger partial charge on any atom is -0.511 e. The van der Waals surface area contributed by atoms with Crippen molar-refractivity contribution in [1.29, 1.82) is 0 Å². The van der Waals surface area contributed by atoms with Gasteiger partial charge in [0.05, 0.1) is 18.1 Å². The normalized spacial score (nSPS) is 26.6. The lowest BCUT2D eigenvalue weighted by molar-refractivity contribution is -0.118. The summed E-state index contributed by atoms with van der Waals surface area (Å²) in [5.74, 6) is 22.1. The summed E-state index contributed by atoms with van der Waals surface area (Å²) < 4.78 is 51.0. The Bertz CT molecular complexity index is 5020. The topological polar surface area (TPSA) is 508 Å². The Hall–Kier alpha value is -9.71. The molecule has 22 rings (SSSR count). The van der Waals surface area contributed by atoms with Crippen molar-refractivity contribution in [3.05, 3.63) is 124 Å². The van der Waals surface area contributed by atoms with Gasteiger partial charge in [-0.2, -0.15) is 49.8 Å². The van der Waals surface area contributed by atoms with Gasteiger partial charge < -0.3 is 72.4 Å². The molecule has 0 aromatic carbocycles. The monoisotopic (exact) mass is 1800 g/mol. The highest BCUT2D eigenvalue weighted by molar-refractivity contribution is 5.81. The van der Waals surface area contributed by atoms with E-state index in [1.165, 1.54) is 193 Å². The number of aryl methyl sites for hydroxylation is 11. The molecule has 36 nitrogen and oxygen atoms in total. The van der Waals surface area contributed by atoms with E-state index >= 15 is 0 Å². The average Bonchev–Trinajstić information content (AvgIpc) is 0.867. The quantitative estimate of drug-likeness (QED) is 0.0653. The molecule has 10 aromatic rings. The molecule has 2 bridgehead atoms. The van der Waals surface area contributed by atoms with E-state index in [9.17, 15) is 4.79 Å². The zero-order valence-corrected chi connectivity index (χ0v) is 80.5. The van der Waals surface area contributed by atoms with Crippen molar-refractivity contribution < 1.29 is 55.1 Å². The highest BCUT2D eigenvalue weighted by atomic mass is 16.5. The molecule has 2 spiro atoms. The molecule has 11 aliphatic carbocycles. The molecule has 12 fully saturated rings. The molecule has 714 valence electrons. The first kappa shape index (κ1) is 99.3. The second kappa shape index (κ2) is 45.1. The molecule has 1 aliphatic heterocycles. The molecule has 10 aromatic heterocycles. The summed E-state index contributed by atoms with van der Waals surface area (Å²) in [7, 11) is 0. The van der Waals surface area contributed by atoms with Crippen LogP contribution < -0.4 is 22.1 Å². The van der Waals surface area contributed by atoms with Crippen LogP contribution in [-0.2, 0) is 23.1 Å². The summed E-state index contributed by atoms with van der Waals surface area (Å²) >= 11 is 0. The Morgan fingerprint density at radius 3 is 1.25 bits per heavy atom. The number of aliphatic hydroxyl groups excluding tert-OH is 1. The maximum absolute atomic E-state index is 10.8. The number of piperidine rings is 1. The van der Waals surface area contributed by atoms with E-state index in [1.807, 2.05) is 62.3 Å². The number of aromatic nitrogens is 20. The van der Waals surface area contributed by atoms with E-state index in [2.05, 4.69) is 148 Å². The molecule has 130 heavy (non-hydrogen) atoms. The molecule has 11 heterocycles. The van der Waals surface area contributed by atoms with Crippen LogP contribution in [0.4, 0.5) is 6.01 Å². The summed E-state index contributed by atoms with van der Waals surface area (Å²) in [5.41, 5.74) is 19.0. The SMILES string of the molecule is C=C(O)C(N)Cc1nc(C)no1.CC(=O)C(N)CCc1nc(C)no1.Cc1noc(C(N)C(C)C)n1.Cc1noc(C23CCC(C)(CC2)CC3)n1.Cc1noc(C2CC(C)C2)n1.Cc1noc(C2CC3(CC(C)C3)C2)n1.Cc1noc(C2CC3CCCC3C2)n1.Cc1noc(C2CCC(C)C2)n1.Cc1noc(C2CCC3(CCC3)CC2)n1.Cc1noc(N2CCC(C)CC2)n1. The fraction of sp³-hybridized carbons (Fsp3) is 0.755. The first-order valence-corrected chi connectivity index (χ1v) is 47.9. The molecular formula is C94H146N24O12. The van der Waals surface area contributed by atoms with Crippen molar-refractivity contribution in [3.8, 4) is 0 Å². The van der Waals surface area contributed by atoms with Crippen molar-refractivity contribution in [3.63, 3.8) is 0 Å². The lowest BCUT2D eigenvalue weighted by atomic mass is 9.48. The lowest BCUT2D eigenvalue weighted by Crippen LogP contribution is -2.45. The van der Waals surface area contributed by atoms with Gasteiger partial charge in [-0.05, 0) is 301 Å². The molecule has 7 N–H and O–H groups in total. The van der Waals surface area contributed by atoms with Crippen LogP contribution in [0.15, 0.2) is 57.6 Å². The predicted octanol–water partition coefficient (Wildman–Crippen LogP) is 18.9. The van der Waals surface area contributed by atoms with Gasteiger partial charge in [-0.1, -0.05) is 132 Å². The highest BCUT2D eigenvalue weighted by Crippen LogP contribution is 2.64. The zero-order valence-electron chi connectivity index (χ0n) is 80.5. The Morgan fingerprint density at radius 2 is 0.854 bits per heavy atom. The molecule has 36 heteroatoms. The van der Waals surface area contributed by atoms with E-state index in [0.29, 0.717) is 113 Å². The molecule has 0 amide bonds. The number of hydrogen-bond donors (Lipinski definition) is 4. The smallest absolute Gasteiger partial charge is 0.324 e. The van der Waals surface area contributed by atoms with Crippen molar-refractivity contribution >= 4 is 11.8 Å². The number of anilines is 1. The summed E-state index contributed by atoms with van der Waals surface area (Å²) in [4.78, 5) is 55.0. The molecule has 12 aliphatic rings. The minimum absolute atomic E-state index is 0.0174. The third kappa shape index (κ3) is 28.0. The minimum atomic E-state index is -0.537. The summed E-state index contributed by atoms with van der Waals surface area (Å²) in [5, 5.41) is 46.6. The Balaban J connectivity index is 0.000000131. The molecule has 1 saturated heterocycles. The van der Waals surface area contributed by atoms with E-state index in [-0.39, 0.29) is 23.0 Å². The van der Waals surface area contributed by atoms with Crippen LogP contribution in [0.25, 0.3) is 0 Å². The van der Waals surface area contributed by atoms with E-state index in [4.69, 9.17) is 67.5 Å². The number of aliphatic hydroxyl groups is 1. The van der Waals surface area contributed by atoms with Crippen LogP contribution in [-0.4, -0.2) is 137 Å². The third-order valence-electron chi connectivity index (χ3n) is 28.8. The Labute approximate surface area is 764 Å². The van der Waals surface area contributed by atoms with Gasteiger partial charge in [0.2, 0.25) is 53.0 Å². The van der Waals surface area contributed by atoms with Gasteiger partial charge in [0.25, 0.3) is 0 Å². The number of Topliss-reactive ketones (excluding diaryl/α,β-unsaturated/α-hetero) is 1. The number of rotatable bonds is 16. The maximum atomic E-state index is 10.8. The largest absolute Gasteiger partial charge is 0.511 e. The second-order valence-electron chi connectivity index (χ2n) is 40.7. The van der Waals surface area contributed by atoms with E-state index in [1.54, 1.807) is 20.8 Å². The van der Waals surface area contributed by atoms with Crippen molar-refractivity contribution in [2.24, 2.45) is 74.9 Å². The van der Waals surface area contributed by atoms with Gasteiger partial charge in [0.15, 0.2) is 58.2 Å². The number of hydrogen-bond acceptors (Lipinski definition) is 36. The van der Waals surface area contributed by atoms with Crippen molar-refractivity contribution in [2.75, 3.05) is 18.0 Å². The van der Waals surface area contributed by atoms with Crippen LogP contribution in [0.2, 0.25) is 0 Å². The van der Waals surface area contributed by atoms with Crippen LogP contribution in [0, 0.1) is 127 Å². The van der Waals surface area contributed by atoms with E-state index < -0.39 is 12.1 Å². The average molecular weight is 1800 g/mol. The first-order chi connectivity index (χ1) is 61.9. The molecule has 7 atom stereocenters. The highest BCUT2D eigenvalue weighted by Gasteiger charge is 2.54. The molecule has 7 unspecified atom stereocenters. The first-order valence-electron chi connectivity index (χ1n) is 47.9. The summed E-state index contributed by atoms with van der Waals surface area (Å²) in [6.45, 7) is 40.9. The van der Waals surface area contributed by atoms with E-state index in [0.717, 1.165) is 124 Å². The van der Waals surface area contributed by atoms with Crippen LogP contribution in [0.5, 0.6) is 0 Å². The maximum Gasteiger partial charge on any atom is 0.324 e. The van der Waals surface area contributed by atoms with Gasteiger partial charge in [-0.25, -0.2) is 0 Å². The fourth-order valence-corrected chi connectivity index (χ4v) is 20.5. The zero-order chi connectivity index (χ0) is 93.2. The van der Waals surface area contributed by atoms with Crippen LogP contribution in [0.3, 0.4) is 0 Å². The third-order valence-corrected chi connectivity index (χ3v) is 28.8. The number of nitrogens with zero attached hydrogens (tertiary/aromatic N) is 21. The molecule has 0 radical (unpaired) electrons. The Kier molecular flexibility index (Phi) is 34.5. The van der Waals surface area contributed by atoms with Gasteiger partial charge in [0.1, 0.15) is 11.5 Å². The van der Waals surface area contributed by atoms with Crippen LogP contribution in [0.1, 0.15) is 395 Å².